The summed E-state index contributed by atoms with van der Waals surface area (Å²) in [4.78, 5) is 52.5. The summed E-state index contributed by atoms with van der Waals surface area (Å²) in [6.07, 6.45) is 4.13. The summed E-state index contributed by atoms with van der Waals surface area (Å²) in [7, 11) is 0. The van der Waals surface area contributed by atoms with Crippen molar-refractivity contribution in [2.24, 2.45) is 0 Å². The van der Waals surface area contributed by atoms with E-state index < -0.39 is 17.1 Å². The Morgan fingerprint density at radius 1 is 0.971 bits per heavy atom. The molecule has 3 aromatic rings. The molecule has 0 atom stereocenters. The number of amides is 3. The second-order valence-electron chi connectivity index (χ2n) is 8.26. The van der Waals surface area contributed by atoms with Crippen LogP contribution >= 0.6 is 11.8 Å². The number of fused-ring (bicyclic) bond motifs is 1. The summed E-state index contributed by atoms with van der Waals surface area (Å²) < 4.78 is 1.79. The minimum absolute atomic E-state index is 0.172. The lowest BCUT2D eigenvalue weighted by atomic mass is 10.00. The van der Waals surface area contributed by atoms with Gasteiger partial charge < -0.3 is 14.6 Å². The van der Waals surface area contributed by atoms with Gasteiger partial charge in [-0.3, -0.25) is 19.3 Å². The lowest BCUT2D eigenvalue weighted by molar-refractivity contribution is -0.136. The van der Waals surface area contributed by atoms with Crippen LogP contribution in [0.3, 0.4) is 0 Å². The monoisotopic (exact) mass is 487 g/mol. The molecule has 3 amide bonds. The molecule has 5 rings (SSSR count). The minimum Gasteiger partial charge on any atom is -0.478 e. The molecule has 1 N–H and O–H groups in total. The Kier molecular flexibility index (Phi) is 6.00. The van der Waals surface area contributed by atoms with E-state index in [1.807, 2.05) is 18.2 Å². The van der Waals surface area contributed by atoms with Crippen LogP contribution in [0.25, 0.3) is 11.8 Å². The molecule has 1 fully saturated rings. The maximum Gasteiger partial charge on any atom is 0.335 e. The lowest BCUT2D eigenvalue weighted by Gasteiger charge is -2.29. The summed E-state index contributed by atoms with van der Waals surface area (Å²) in [6.45, 7) is 0.729. The first-order chi connectivity index (χ1) is 16.9. The highest BCUT2D eigenvalue weighted by Crippen LogP contribution is 2.33. The van der Waals surface area contributed by atoms with Gasteiger partial charge in [-0.15, -0.1) is 0 Å². The molecular formula is C26H21N3O5S. The molecule has 2 aromatic carbocycles. The van der Waals surface area contributed by atoms with Gasteiger partial charge in [0.2, 0.25) is 5.91 Å². The molecule has 3 heterocycles. The second kappa shape index (κ2) is 9.27. The number of thioether (sulfide) groups is 1. The normalized spacial score (nSPS) is 16.6. The van der Waals surface area contributed by atoms with Crippen molar-refractivity contribution in [3.05, 3.63) is 94.1 Å². The number of aromatic nitrogens is 1. The third kappa shape index (κ3) is 4.50. The Balaban J connectivity index is 1.31. The van der Waals surface area contributed by atoms with Crippen LogP contribution in [0.5, 0.6) is 0 Å². The average Bonchev–Trinajstić information content (AvgIpc) is 3.43. The van der Waals surface area contributed by atoms with Crippen molar-refractivity contribution in [3.8, 4) is 5.69 Å². The SMILES string of the molecule is O=C(O)c1ccc(-n2cccc2C=C2SC(=O)N(CC(=O)N3CCc4ccccc4C3)C2=O)cc1. The number of imide groups is 1. The number of hydrogen-bond donors (Lipinski definition) is 1. The molecule has 9 heteroatoms. The number of carboxylic acid groups (broad SMARTS) is 1. The van der Waals surface area contributed by atoms with E-state index in [2.05, 4.69) is 6.07 Å². The first-order valence-corrected chi connectivity index (χ1v) is 11.8. The van der Waals surface area contributed by atoms with Crippen LogP contribution in [0.2, 0.25) is 0 Å². The number of carbonyl (C=O) groups excluding carboxylic acids is 3. The molecule has 2 aliphatic heterocycles. The summed E-state index contributed by atoms with van der Waals surface area (Å²) in [6, 6.07) is 17.9. The number of aromatic carboxylic acids is 1. The topological polar surface area (TPSA) is 99.9 Å². The Morgan fingerprint density at radius 2 is 1.71 bits per heavy atom. The van der Waals surface area contributed by atoms with Crippen molar-refractivity contribution in [3.63, 3.8) is 0 Å². The molecule has 8 nitrogen and oxygen atoms in total. The van der Waals surface area contributed by atoms with Crippen molar-refractivity contribution in [1.29, 1.82) is 0 Å². The zero-order chi connectivity index (χ0) is 24.5. The summed E-state index contributed by atoms with van der Waals surface area (Å²) >= 11 is 0.804. The number of benzene rings is 2. The molecule has 1 saturated heterocycles. The summed E-state index contributed by atoms with van der Waals surface area (Å²) in [5, 5.41) is 8.62. The molecule has 0 radical (unpaired) electrons. The zero-order valence-electron chi connectivity index (χ0n) is 18.6. The predicted molar refractivity (Wildman–Crippen MR) is 131 cm³/mol. The standard InChI is InChI=1S/C26H21N3O5S/c30-23(27-13-11-17-4-1-2-5-19(17)15-27)16-29-24(31)22(35-26(29)34)14-21-6-3-12-28(21)20-9-7-18(8-10-20)25(32)33/h1-10,12,14H,11,13,15-16H2,(H,32,33). The van der Waals surface area contributed by atoms with Crippen LogP contribution in [0, 0.1) is 0 Å². The van der Waals surface area contributed by atoms with Gasteiger partial charge in [-0.2, -0.15) is 0 Å². The Morgan fingerprint density at radius 3 is 2.46 bits per heavy atom. The molecule has 0 spiro atoms. The first kappa shape index (κ1) is 22.7. The molecule has 0 aliphatic carbocycles. The van der Waals surface area contributed by atoms with Crippen LogP contribution in [0.1, 0.15) is 27.2 Å². The van der Waals surface area contributed by atoms with Crippen molar-refractivity contribution < 1.29 is 24.3 Å². The van der Waals surface area contributed by atoms with E-state index in [0.717, 1.165) is 28.6 Å². The van der Waals surface area contributed by atoms with Gasteiger partial charge in [0.15, 0.2) is 0 Å². The van der Waals surface area contributed by atoms with Gasteiger partial charge in [-0.1, -0.05) is 24.3 Å². The maximum absolute atomic E-state index is 13.0. The Hall–Kier alpha value is -4.11. The van der Waals surface area contributed by atoms with Crippen molar-refractivity contribution >= 4 is 40.9 Å². The molecule has 0 unspecified atom stereocenters. The molecule has 0 bridgehead atoms. The Bertz CT molecular complexity index is 1380. The fourth-order valence-electron chi connectivity index (χ4n) is 4.23. The number of hydrogen-bond acceptors (Lipinski definition) is 5. The Labute approximate surface area is 205 Å². The fraction of sp³-hybridized carbons (Fsp3) is 0.154. The van der Waals surface area contributed by atoms with Crippen molar-refractivity contribution in [1.82, 2.24) is 14.4 Å². The quantitative estimate of drug-likeness (QED) is 0.550. The van der Waals surface area contributed by atoms with Gasteiger partial charge in [-0.05, 0) is 71.8 Å². The number of carboxylic acids is 1. The van der Waals surface area contributed by atoms with E-state index in [4.69, 9.17) is 5.11 Å². The molecule has 0 saturated carbocycles. The molecule has 176 valence electrons. The van der Waals surface area contributed by atoms with Crippen LogP contribution in [-0.4, -0.2) is 55.6 Å². The highest BCUT2D eigenvalue weighted by atomic mass is 32.2. The first-order valence-electron chi connectivity index (χ1n) is 11.0. The van der Waals surface area contributed by atoms with E-state index in [1.165, 1.54) is 17.7 Å². The molecular weight excluding hydrogens is 466 g/mol. The zero-order valence-corrected chi connectivity index (χ0v) is 19.4. The maximum atomic E-state index is 13.0. The van der Waals surface area contributed by atoms with Crippen molar-refractivity contribution in [2.75, 3.05) is 13.1 Å². The van der Waals surface area contributed by atoms with Gasteiger partial charge in [0.1, 0.15) is 6.54 Å². The van der Waals surface area contributed by atoms with Crippen LogP contribution in [-0.2, 0) is 22.6 Å². The van der Waals surface area contributed by atoms with Crippen LogP contribution in [0.15, 0.2) is 71.8 Å². The second-order valence-corrected chi connectivity index (χ2v) is 9.25. The molecule has 35 heavy (non-hydrogen) atoms. The smallest absolute Gasteiger partial charge is 0.335 e. The van der Waals surface area contributed by atoms with E-state index in [0.29, 0.717) is 24.5 Å². The lowest BCUT2D eigenvalue weighted by Crippen LogP contribution is -2.44. The van der Waals surface area contributed by atoms with Gasteiger partial charge in [-0.25, -0.2) is 4.79 Å². The number of carbonyl (C=O) groups is 4. The largest absolute Gasteiger partial charge is 0.478 e. The fourth-order valence-corrected chi connectivity index (χ4v) is 5.05. The number of nitrogens with zero attached hydrogens (tertiary/aromatic N) is 3. The van der Waals surface area contributed by atoms with Gasteiger partial charge in [0.25, 0.3) is 11.1 Å². The van der Waals surface area contributed by atoms with Gasteiger partial charge in [0, 0.05) is 30.7 Å². The molecule has 2 aliphatic rings. The van der Waals surface area contributed by atoms with E-state index in [-0.39, 0.29) is 22.9 Å². The predicted octanol–water partition coefficient (Wildman–Crippen LogP) is 3.80. The van der Waals surface area contributed by atoms with Gasteiger partial charge >= 0.3 is 5.97 Å². The van der Waals surface area contributed by atoms with E-state index >= 15 is 0 Å². The highest BCUT2D eigenvalue weighted by molar-refractivity contribution is 8.18. The van der Waals surface area contributed by atoms with Crippen LogP contribution < -0.4 is 0 Å². The van der Waals surface area contributed by atoms with E-state index in [9.17, 15) is 19.2 Å². The van der Waals surface area contributed by atoms with Gasteiger partial charge in [0.05, 0.1) is 10.5 Å². The van der Waals surface area contributed by atoms with E-state index in [1.54, 1.807) is 46.0 Å². The third-order valence-electron chi connectivity index (χ3n) is 6.10. The third-order valence-corrected chi connectivity index (χ3v) is 7.01. The van der Waals surface area contributed by atoms with Crippen LogP contribution in [0.4, 0.5) is 4.79 Å². The number of rotatable bonds is 5. The summed E-state index contributed by atoms with van der Waals surface area (Å²) in [5.41, 5.74) is 3.83. The van der Waals surface area contributed by atoms with Crippen molar-refractivity contribution in [2.45, 2.75) is 13.0 Å². The summed E-state index contributed by atoms with van der Waals surface area (Å²) in [5.74, 6) is -1.77. The minimum atomic E-state index is -1.01. The average molecular weight is 488 g/mol. The highest BCUT2D eigenvalue weighted by Gasteiger charge is 2.37. The molecule has 1 aromatic heterocycles.